The lowest BCUT2D eigenvalue weighted by molar-refractivity contribution is 0.404. The zero-order valence-electron chi connectivity index (χ0n) is 12.7. The molecule has 5 heteroatoms. The van der Waals surface area contributed by atoms with E-state index in [1.165, 1.54) is 22.8 Å². The van der Waals surface area contributed by atoms with Crippen molar-refractivity contribution in [3.05, 3.63) is 28.8 Å². The van der Waals surface area contributed by atoms with Gasteiger partial charge in [-0.2, -0.15) is 23.5 Å². The highest BCUT2D eigenvalue weighted by atomic mass is 35.5. The van der Waals surface area contributed by atoms with Gasteiger partial charge in [-0.3, -0.25) is 0 Å². The maximum Gasteiger partial charge on any atom is 0.122 e. The minimum atomic E-state index is 0.482. The van der Waals surface area contributed by atoms with E-state index in [9.17, 15) is 0 Å². The molecular formula is C16H24ClNOS2. The van der Waals surface area contributed by atoms with Crippen molar-refractivity contribution in [3.63, 3.8) is 0 Å². The number of hydrogen-bond acceptors (Lipinski definition) is 4. The van der Waals surface area contributed by atoms with Crippen LogP contribution in [-0.4, -0.2) is 42.2 Å². The van der Waals surface area contributed by atoms with Crippen LogP contribution in [0.3, 0.4) is 0 Å². The first-order valence-corrected chi connectivity index (χ1v) is 10.1. The SMILES string of the molecule is CCCNC(Cc1cc(Cl)ccc1OC)C1CSCCS1. The Balaban J connectivity index is 2.11. The summed E-state index contributed by atoms with van der Waals surface area (Å²) in [6, 6.07) is 6.39. The van der Waals surface area contributed by atoms with Gasteiger partial charge in [-0.05, 0) is 43.1 Å². The third-order valence-corrected chi connectivity index (χ3v) is 6.78. The Morgan fingerprint density at radius 1 is 1.43 bits per heavy atom. The number of ether oxygens (including phenoxy) is 1. The average Bonchev–Trinajstić information content (AvgIpc) is 2.52. The summed E-state index contributed by atoms with van der Waals surface area (Å²) in [4.78, 5) is 0. The first-order valence-electron chi connectivity index (χ1n) is 7.49. The van der Waals surface area contributed by atoms with Gasteiger partial charge in [0.1, 0.15) is 5.75 Å². The maximum atomic E-state index is 6.16. The lowest BCUT2D eigenvalue weighted by atomic mass is 10.0. The highest BCUT2D eigenvalue weighted by Gasteiger charge is 2.25. The smallest absolute Gasteiger partial charge is 0.122 e. The normalized spacial score (nSPS) is 20.2. The molecule has 0 saturated carbocycles. The number of halogens is 1. The fourth-order valence-electron chi connectivity index (χ4n) is 2.55. The Kier molecular flexibility index (Phi) is 7.58. The van der Waals surface area contributed by atoms with Crippen molar-refractivity contribution >= 4 is 35.1 Å². The lowest BCUT2D eigenvalue weighted by Gasteiger charge is -2.31. The minimum absolute atomic E-state index is 0.482. The van der Waals surface area contributed by atoms with Gasteiger partial charge in [-0.25, -0.2) is 0 Å². The molecule has 1 aromatic carbocycles. The van der Waals surface area contributed by atoms with Crippen LogP contribution in [0.15, 0.2) is 18.2 Å². The number of thioether (sulfide) groups is 2. The molecule has 2 atom stereocenters. The number of hydrogen-bond donors (Lipinski definition) is 1. The second-order valence-corrected chi connectivity index (χ2v) is 8.14. The van der Waals surface area contributed by atoms with Crippen LogP contribution < -0.4 is 10.1 Å². The third-order valence-electron chi connectivity index (χ3n) is 3.63. The topological polar surface area (TPSA) is 21.3 Å². The quantitative estimate of drug-likeness (QED) is 0.802. The molecule has 0 aliphatic carbocycles. The van der Waals surface area contributed by atoms with Crippen LogP contribution >= 0.6 is 35.1 Å². The van der Waals surface area contributed by atoms with Gasteiger partial charge < -0.3 is 10.1 Å². The van der Waals surface area contributed by atoms with Crippen LogP contribution in [0.1, 0.15) is 18.9 Å². The van der Waals surface area contributed by atoms with Crippen molar-refractivity contribution in [2.24, 2.45) is 0 Å². The summed E-state index contributed by atoms with van der Waals surface area (Å²) in [5.74, 6) is 4.71. The molecule has 2 rings (SSSR count). The molecule has 0 aromatic heterocycles. The Morgan fingerprint density at radius 2 is 2.29 bits per heavy atom. The van der Waals surface area contributed by atoms with Crippen molar-refractivity contribution in [2.75, 3.05) is 30.9 Å². The molecule has 0 radical (unpaired) electrons. The number of nitrogens with one attached hydrogen (secondary N) is 1. The molecule has 2 nitrogen and oxygen atoms in total. The molecule has 0 amide bonds. The van der Waals surface area contributed by atoms with E-state index in [0.29, 0.717) is 11.3 Å². The zero-order valence-corrected chi connectivity index (χ0v) is 15.1. The third kappa shape index (κ3) is 5.27. The second kappa shape index (κ2) is 9.19. The van der Waals surface area contributed by atoms with Gasteiger partial charge in [-0.1, -0.05) is 18.5 Å². The van der Waals surface area contributed by atoms with E-state index in [1.54, 1.807) is 7.11 Å². The van der Waals surface area contributed by atoms with Gasteiger partial charge in [0.25, 0.3) is 0 Å². The Morgan fingerprint density at radius 3 is 2.95 bits per heavy atom. The van der Waals surface area contributed by atoms with Gasteiger partial charge in [0.05, 0.1) is 7.11 Å². The van der Waals surface area contributed by atoms with E-state index in [1.807, 2.05) is 18.2 Å². The molecule has 1 aliphatic heterocycles. The summed E-state index contributed by atoms with van der Waals surface area (Å²) in [6.07, 6.45) is 2.13. The molecule has 1 saturated heterocycles. The fraction of sp³-hybridized carbons (Fsp3) is 0.625. The van der Waals surface area contributed by atoms with E-state index in [4.69, 9.17) is 16.3 Å². The number of benzene rings is 1. The predicted octanol–water partition coefficient (Wildman–Crippen LogP) is 4.11. The molecule has 0 spiro atoms. The second-order valence-electron chi connectivity index (χ2n) is 5.21. The molecule has 1 aromatic rings. The molecule has 0 bridgehead atoms. The summed E-state index contributed by atoms with van der Waals surface area (Å²) in [5, 5.41) is 5.17. The van der Waals surface area contributed by atoms with Crippen LogP contribution in [0.4, 0.5) is 0 Å². The standard InChI is InChI=1S/C16H24ClNOS2/c1-3-6-18-14(16-11-20-7-8-21-16)10-12-9-13(17)4-5-15(12)19-2/h4-5,9,14,16,18H,3,6-8,10-11H2,1-2H3. The summed E-state index contributed by atoms with van der Waals surface area (Å²) < 4.78 is 5.49. The van der Waals surface area contributed by atoms with Crippen molar-refractivity contribution in [3.8, 4) is 5.75 Å². The average molecular weight is 346 g/mol. The van der Waals surface area contributed by atoms with Gasteiger partial charge in [-0.15, -0.1) is 0 Å². The molecule has 1 N–H and O–H groups in total. The summed E-state index contributed by atoms with van der Waals surface area (Å²) in [5.41, 5.74) is 1.20. The van der Waals surface area contributed by atoms with Crippen molar-refractivity contribution < 1.29 is 4.74 Å². The zero-order chi connectivity index (χ0) is 15.1. The molecular weight excluding hydrogens is 322 g/mol. The number of methoxy groups -OCH3 is 1. The van der Waals surface area contributed by atoms with E-state index in [-0.39, 0.29) is 0 Å². The fourth-order valence-corrected chi connectivity index (χ4v) is 5.63. The predicted molar refractivity (Wildman–Crippen MR) is 97.4 cm³/mol. The van der Waals surface area contributed by atoms with E-state index in [0.717, 1.165) is 30.2 Å². The molecule has 1 fully saturated rings. The van der Waals surface area contributed by atoms with E-state index < -0.39 is 0 Å². The van der Waals surface area contributed by atoms with Crippen molar-refractivity contribution in [1.82, 2.24) is 5.32 Å². The highest BCUT2D eigenvalue weighted by molar-refractivity contribution is 8.06. The molecule has 21 heavy (non-hydrogen) atoms. The minimum Gasteiger partial charge on any atom is -0.496 e. The first-order chi connectivity index (χ1) is 10.2. The van der Waals surface area contributed by atoms with Crippen molar-refractivity contribution in [2.45, 2.75) is 31.1 Å². The largest absolute Gasteiger partial charge is 0.496 e. The lowest BCUT2D eigenvalue weighted by Crippen LogP contribution is -2.43. The molecule has 2 unspecified atom stereocenters. The van der Waals surface area contributed by atoms with E-state index >= 15 is 0 Å². The van der Waals surface area contributed by atoms with Crippen LogP contribution in [0.5, 0.6) is 5.75 Å². The summed E-state index contributed by atoms with van der Waals surface area (Å²) >= 11 is 10.3. The molecule has 118 valence electrons. The maximum absolute atomic E-state index is 6.16. The van der Waals surface area contributed by atoms with Gasteiger partial charge in [0.15, 0.2) is 0 Å². The Hall–Kier alpha value is -0.0300. The Labute approximate surface area is 141 Å². The number of rotatable bonds is 7. The Bertz CT molecular complexity index is 438. The molecule has 1 heterocycles. The first kappa shape index (κ1) is 17.3. The monoisotopic (exact) mass is 345 g/mol. The molecule has 1 aliphatic rings. The highest BCUT2D eigenvalue weighted by Crippen LogP contribution is 2.30. The van der Waals surface area contributed by atoms with Crippen molar-refractivity contribution in [1.29, 1.82) is 0 Å². The van der Waals surface area contributed by atoms with E-state index in [2.05, 4.69) is 35.8 Å². The van der Waals surface area contributed by atoms with Gasteiger partial charge >= 0.3 is 0 Å². The van der Waals surface area contributed by atoms with Crippen LogP contribution in [-0.2, 0) is 6.42 Å². The summed E-state index contributed by atoms with van der Waals surface area (Å²) in [7, 11) is 1.73. The van der Waals surface area contributed by atoms with Gasteiger partial charge in [0.2, 0.25) is 0 Å². The summed E-state index contributed by atoms with van der Waals surface area (Å²) in [6.45, 7) is 3.28. The van der Waals surface area contributed by atoms with Crippen LogP contribution in [0.25, 0.3) is 0 Å². The van der Waals surface area contributed by atoms with Crippen LogP contribution in [0.2, 0.25) is 5.02 Å². The van der Waals surface area contributed by atoms with Gasteiger partial charge in [0, 0.05) is 33.6 Å². The van der Waals surface area contributed by atoms with Crippen LogP contribution in [0, 0.1) is 0 Å².